The lowest BCUT2D eigenvalue weighted by molar-refractivity contribution is -0.117. The van der Waals surface area contributed by atoms with E-state index in [9.17, 15) is 13.2 Å². The van der Waals surface area contributed by atoms with Gasteiger partial charge in [-0.25, -0.2) is 32.7 Å². The van der Waals surface area contributed by atoms with Crippen LogP contribution in [0.5, 0.6) is 0 Å². The van der Waals surface area contributed by atoms with E-state index in [1.54, 1.807) is 4.57 Å². The molecular weight excluding hydrogens is 408 g/mol. The minimum Gasteiger partial charge on any atom is -0.369 e. The molecule has 0 fully saturated rings. The van der Waals surface area contributed by atoms with Crippen LogP contribution in [-0.2, 0) is 14.8 Å². The number of hydrogen-bond donors (Lipinski definition) is 3. The van der Waals surface area contributed by atoms with Gasteiger partial charge in [-0.15, -0.1) is 0 Å². The molecule has 30 heavy (non-hydrogen) atoms. The molecule has 0 bridgehead atoms. The topological polar surface area (TPSA) is 158 Å². The smallest absolute Gasteiger partial charge is 0.264 e. The number of sulfonamides is 1. The van der Waals surface area contributed by atoms with E-state index in [-0.39, 0.29) is 22.7 Å². The predicted octanol–water partition coefficient (Wildman–Crippen LogP) is 1.36. The molecule has 152 valence electrons. The average Bonchev–Trinajstić information content (AvgIpc) is 3.03. The highest BCUT2D eigenvalue weighted by molar-refractivity contribution is 7.90. The SMILES string of the molecule is CC(=O)NS(=O)(=O)c1ccc(Nc2ncnc(-n3c(N)nc4ccccc43)n2)cc1. The van der Waals surface area contributed by atoms with Crippen LogP contribution in [0.2, 0.25) is 0 Å². The maximum atomic E-state index is 12.0. The molecule has 0 saturated heterocycles. The van der Waals surface area contributed by atoms with Crippen LogP contribution in [0.25, 0.3) is 17.0 Å². The van der Waals surface area contributed by atoms with Gasteiger partial charge in [-0.2, -0.15) is 4.98 Å². The molecule has 4 aromatic rings. The van der Waals surface area contributed by atoms with Crippen molar-refractivity contribution in [2.45, 2.75) is 11.8 Å². The molecule has 2 aromatic carbocycles. The summed E-state index contributed by atoms with van der Waals surface area (Å²) >= 11 is 0. The first-order chi connectivity index (χ1) is 14.3. The number of imidazole rings is 1. The van der Waals surface area contributed by atoms with Crippen molar-refractivity contribution < 1.29 is 13.2 Å². The van der Waals surface area contributed by atoms with Gasteiger partial charge in [0.25, 0.3) is 10.0 Å². The number of nitrogen functional groups attached to an aromatic ring is 1. The van der Waals surface area contributed by atoms with Crippen molar-refractivity contribution in [3.63, 3.8) is 0 Å². The monoisotopic (exact) mass is 424 g/mol. The van der Waals surface area contributed by atoms with Crippen molar-refractivity contribution >= 4 is 44.5 Å². The third-order valence-electron chi connectivity index (χ3n) is 4.04. The number of amides is 1. The van der Waals surface area contributed by atoms with Crippen molar-refractivity contribution in [3.05, 3.63) is 54.9 Å². The third kappa shape index (κ3) is 3.75. The molecule has 4 rings (SSSR count). The molecule has 0 saturated carbocycles. The Morgan fingerprint density at radius 3 is 2.50 bits per heavy atom. The fraction of sp³-hybridized carbons (Fsp3) is 0.0556. The summed E-state index contributed by atoms with van der Waals surface area (Å²) in [6, 6.07) is 13.2. The van der Waals surface area contributed by atoms with Crippen molar-refractivity contribution in [1.29, 1.82) is 0 Å². The summed E-state index contributed by atoms with van der Waals surface area (Å²) in [6.07, 6.45) is 1.33. The molecule has 12 heteroatoms. The number of fused-ring (bicyclic) bond motifs is 1. The number of carbonyl (C=O) groups excluding carboxylic acids is 1. The number of para-hydroxylation sites is 2. The van der Waals surface area contributed by atoms with E-state index in [2.05, 4.69) is 25.3 Å². The molecule has 0 atom stereocenters. The van der Waals surface area contributed by atoms with Crippen molar-refractivity contribution in [3.8, 4) is 5.95 Å². The second kappa shape index (κ2) is 7.40. The zero-order chi connectivity index (χ0) is 21.3. The summed E-state index contributed by atoms with van der Waals surface area (Å²) in [5.74, 6) is 0.0836. The minimum atomic E-state index is -3.90. The van der Waals surface area contributed by atoms with Crippen LogP contribution >= 0.6 is 0 Å². The number of carbonyl (C=O) groups is 1. The van der Waals surface area contributed by atoms with Gasteiger partial charge in [0.15, 0.2) is 0 Å². The summed E-state index contributed by atoms with van der Waals surface area (Å²) in [4.78, 5) is 27.9. The van der Waals surface area contributed by atoms with E-state index < -0.39 is 15.9 Å². The Kier molecular flexibility index (Phi) is 4.75. The largest absolute Gasteiger partial charge is 0.369 e. The fourth-order valence-corrected chi connectivity index (χ4v) is 3.80. The fourth-order valence-electron chi connectivity index (χ4n) is 2.81. The molecule has 0 unspecified atom stereocenters. The average molecular weight is 424 g/mol. The minimum absolute atomic E-state index is 0.0442. The first-order valence-corrected chi connectivity index (χ1v) is 10.1. The first-order valence-electron chi connectivity index (χ1n) is 8.66. The van der Waals surface area contributed by atoms with Crippen molar-refractivity contribution in [1.82, 2.24) is 29.2 Å². The Morgan fingerprint density at radius 2 is 1.77 bits per heavy atom. The maximum Gasteiger partial charge on any atom is 0.264 e. The third-order valence-corrected chi connectivity index (χ3v) is 5.49. The summed E-state index contributed by atoms with van der Waals surface area (Å²) in [7, 11) is -3.90. The van der Waals surface area contributed by atoms with Crippen LogP contribution in [0.15, 0.2) is 59.8 Å². The second-order valence-corrected chi connectivity index (χ2v) is 7.90. The molecule has 0 aliphatic rings. The van der Waals surface area contributed by atoms with Gasteiger partial charge in [0.05, 0.1) is 15.9 Å². The summed E-state index contributed by atoms with van der Waals surface area (Å²) in [5.41, 5.74) is 8.02. The van der Waals surface area contributed by atoms with Gasteiger partial charge in [0.2, 0.25) is 23.8 Å². The van der Waals surface area contributed by atoms with Gasteiger partial charge in [0, 0.05) is 12.6 Å². The molecule has 1 amide bonds. The number of rotatable bonds is 5. The second-order valence-electron chi connectivity index (χ2n) is 6.21. The van der Waals surface area contributed by atoms with Gasteiger partial charge in [-0.05, 0) is 36.4 Å². The zero-order valence-electron chi connectivity index (χ0n) is 15.6. The quantitative estimate of drug-likeness (QED) is 0.430. The van der Waals surface area contributed by atoms with Crippen molar-refractivity contribution in [2.75, 3.05) is 11.1 Å². The lowest BCUT2D eigenvalue weighted by atomic mass is 10.3. The van der Waals surface area contributed by atoms with Gasteiger partial charge in [-0.1, -0.05) is 12.1 Å². The van der Waals surface area contributed by atoms with Gasteiger partial charge >= 0.3 is 0 Å². The number of nitrogens with two attached hydrogens (primary N) is 1. The first kappa shape index (κ1) is 19.3. The Bertz CT molecular complexity index is 1350. The number of benzene rings is 2. The maximum absolute atomic E-state index is 12.0. The number of anilines is 3. The van der Waals surface area contributed by atoms with E-state index in [0.29, 0.717) is 11.2 Å². The zero-order valence-corrected chi connectivity index (χ0v) is 16.5. The molecule has 0 aliphatic heterocycles. The van der Waals surface area contributed by atoms with E-state index in [4.69, 9.17) is 5.73 Å². The van der Waals surface area contributed by atoms with E-state index >= 15 is 0 Å². The van der Waals surface area contributed by atoms with Crippen LogP contribution in [0.1, 0.15) is 6.92 Å². The Labute approximate surface area is 171 Å². The number of aromatic nitrogens is 5. The normalized spacial score (nSPS) is 11.4. The Hall–Kier alpha value is -4.06. The standard InChI is InChI=1S/C18H16N8O3S/c1-11(27)25-30(28,29)13-8-6-12(7-9-13)22-17-20-10-21-18(24-17)26-15-5-3-2-4-14(15)23-16(26)19/h2-10H,1H3,(H2,19,23)(H,25,27)(H,20,21,22,24). The van der Waals surface area contributed by atoms with E-state index in [1.807, 2.05) is 29.0 Å². The van der Waals surface area contributed by atoms with Gasteiger partial charge in [0.1, 0.15) is 6.33 Å². The summed E-state index contributed by atoms with van der Waals surface area (Å²) in [5, 5.41) is 2.97. The Morgan fingerprint density at radius 1 is 1.03 bits per heavy atom. The molecule has 2 aromatic heterocycles. The van der Waals surface area contributed by atoms with Crippen LogP contribution in [0, 0.1) is 0 Å². The van der Waals surface area contributed by atoms with Gasteiger partial charge in [-0.3, -0.25) is 4.79 Å². The highest BCUT2D eigenvalue weighted by atomic mass is 32.2. The van der Waals surface area contributed by atoms with E-state index in [1.165, 1.54) is 30.6 Å². The molecule has 0 aliphatic carbocycles. The summed E-state index contributed by atoms with van der Waals surface area (Å²) < 4.78 is 27.6. The molecule has 11 nitrogen and oxygen atoms in total. The highest BCUT2D eigenvalue weighted by Gasteiger charge is 2.16. The summed E-state index contributed by atoms with van der Waals surface area (Å²) in [6.45, 7) is 1.13. The van der Waals surface area contributed by atoms with Crippen LogP contribution in [-0.4, -0.2) is 38.8 Å². The predicted molar refractivity (Wildman–Crippen MR) is 110 cm³/mol. The highest BCUT2D eigenvalue weighted by Crippen LogP contribution is 2.22. The van der Waals surface area contributed by atoms with Crippen LogP contribution in [0.4, 0.5) is 17.6 Å². The van der Waals surface area contributed by atoms with E-state index in [0.717, 1.165) is 12.4 Å². The number of nitrogens with one attached hydrogen (secondary N) is 2. The number of nitrogens with zero attached hydrogens (tertiary/aromatic N) is 5. The van der Waals surface area contributed by atoms with Gasteiger partial charge < -0.3 is 11.1 Å². The molecule has 4 N–H and O–H groups in total. The van der Waals surface area contributed by atoms with Crippen LogP contribution in [0.3, 0.4) is 0 Å². The molecule has 0 radical (unpaired) electrons. The Balaban J connectivity index is 1.61. The number of hydrogen-bond acceptors (Lipinski definition) is 9. The lowest BCUT2D eigenvalue weighted by Crippen LogP contribution is -2.28. The molecular formula is C18H16N8O3S. The lowest BCUT2D eigenvalue weighted by Gasteiger charge is -2.09. The van der Waals surface area contributed by atoms with Crippen molar-refractivity contribution in [2.24, 2.45) is 0 Å². The molecule has 2 heterocycles. The van der Waals surface area contributed by atoms with Crippen LogP contribution < -0.4 is 15.8 Å². The molecule has 0 spiro atoms.